The maximum Gasteiger partial charge on any atom is 0.389 e. The molecule has 0 amide bonds. The lowest BCUT2D eigenvalue weighted by Gasteiger charge is -2.10. The van der Waals surface area contributed by atoms with Crippen molar-refractivity contribution in [2.24, 2.45) is 0 Å². The number of alkyl halides is 3. The molecule has 0 bridgehead atoms. The van der Waals surface area contributed by atoms with Crippen LogP contribution in [-0.2, 0) is 0 Å². The van der Waals surface area contributed by atoms with Gasteiger partial charge in [0.1, 0.15) is 5.82 Å². The number of aromatic nitrogens is 2. The van der Waals surface area contributed by atoms with Crippen LogP contribution in [-0.4, -0.2) is 29.7 Å². The van der Waals surface area contributed by atoms with Gasteiger partial charge in [0.05, 0.1) is 0 Å². The van der Waals surface area contributed by atoms with Gasteiger partial charge in [0, 0.05) is 31.8 Å². The number of nitrogens with one attached hydrogen (secondary N) is 2. The maximum atomic E-state index is 11.9. The Kier molecular flexibility index (Phi) is 4.53. The molecule has 1 heterocycles. The Bertz CT molecular complexity index is 365. The van der Waals surface area contributed by atoms with Gasteiger partial charge < -0.3 is 10.6 Å². The summed E-state index contributed by atoms with van der Waals surface area (Å²) in [5, 5.41) is 5.64. The Hall–Kier alpha value is -1.53. The monoisotopic (exact) mass is 248 g/mol. The zero-order valence-electron chi connectivity index (χ0n) is 9.73. The molecule has 0 aliphatic heterocycles. The van der Waals surface area contributed by atoms with Crippen molar-refractivity contribution in [3.8, 4) is 0 Å². The first-order valence-corrected chi connectivity index (χ1v) is 5.24. The first-order valence-electron chi connectivity index (χ1n) is 5.24. The minimum Gasteiger partial charge on any atom is -0.370 e. The highest BCUT2D eigenvalue weighted by Gasteiger charge is 2.25. The molecule has 0 spiro atoms. The van der Waals surface area contributed by atoms with Crippen LogP contribution in [0, 0.1) is 6.92 Å². The minimum atomic E-state index is -4.10. The lowest BCUT2D eigenvalue weighted by atomic mass is 10.3. The molecule has 0 fully saturated rings. The second kappa shape index (κ2) is 5.70. The van der Waals surface area contributed by atoms with Crippen molar-refractivity contribution < 1.29 is 13.2 Å². The molecule has 0 aromatic carbocycles. The van der Waals surface area contributed by atoms with E-state index in [0.29, 0.717) is 11.8 Å². The summed E-state index contributed by atoms with van der Waals surface area (Å²) < 4.78 is 35.7. The Labute approximate surface area is 97.7 Å². The molecule has 0 unspecified atom stereocenters. The minimum absolute atomic E-state index is 0.0296. The summed E-state index contributed by atoms with van der Waals surface area (Å²) in [7, 11) is 1.68. The maximum absolute atomic E-state index is 11.9. The van der Waals surface area contributed by atoms with Crippen molar-refractivity contribution in [1.82, 2.24) is 9.97 Å². The van der Waals surface area contributed by atoms with E-state index in [1.165, 1.54) is 0 Å². The summed E-state index contributed by atoms with van der Waals surface area (Å²) in [6.45, 7) is 2.03. The van der Waals surface area contributed by atoms with Gasteiger partial charge in [-0.1, -0.05) is 0 Å². The van der Waals surface area contributed by atoms with Crippen molar-refractivity contribution >= 4 is 11.8 Å². The number of hydrogen-bond acceptors (Lipinski definition) is 4. The van der Waals surface area contributed by atoms with Crippen molar-refractivity contribution in [1.29, 1.82) is 0 Å². The standard InChI is InChI=1S/C10H15F3N4/c1-7-6-16-9(14-2)17-8(7)15-5-3-4-10(11,12)13/h6H,3-5H2,1-2H3,(H2,14,15,16,17). The first-order chi connectivity index (χ1) is 7.92. The zero-order valence-corrected chi connectivity index (χ0v) is 9.73. The molecule has 0 saturated heterocycles. The van der Waals surface area contributed by atoms with E-state index in [1.807, 2.05) is 0 Å². The SMILES string of the molecule is CNc1ncc(C)c(NCCCC(F)(F)F)n1. The van der Waals surface area contributed by atoms with E-state index in [9.17, 15) is 13.2 Å². The van der Waals surface area contributed by atoms with E-state index >= 15 is 0 Å². The number of halogens is 3. The molecule has 0 aliphatic rings. The van der Waals surface area contributed by atoms with Gasteiger partial charge in [-0.15, -0.1) is 0 Å². The van der Waals surface area contributed by atoms with E-state index in [1.54, 1.807) is 20.2 Å². The van der Waals surface area contributed by atoms with Crippen molar-refractivity contribution in [2.45, 2.75) is 25.9 Å². The predicted molar refractivity (Wildman–Crippen MR) is 60.1 cm³/mol. The second-order valence-electron chi connectivity index (χ2n) is 3.62. The molecular formula is C10H15F3N4. The van der Waals surface area contributed by atoms with Gasteiger partial charge in [-0.05, 0) is 13.3 Å². The van der Waals surface area contributed by atoms with Gasteiger partial charge in [0.15, 0.2) is 0 Å². The Morgan fingerprint density at radius 1 is 1.35 bits per heavy atom. The third-order valence-electron chi connectivity index (χ3n) is 2.12. The van der Waals surface area contributed by atoms with E-state index in [4.69, 9.17) is 0 Å². The van der Waals surface area contributed by atoms with Crippen molar-refractivity contribution in [3.63, 3.8) is 0 Å². The van der Waals surface area contributed by atoms with Gasteiger partial charge in [-0.3, -0.25) is 0 Å². The zero-order chi connectivity index (χ0) is 12.9. The van der Waals surface area contributed by atoms with Crippen LogP contribution >= 0.6 is 0 Å². The van der Waals surface area contributed by atoms with Crippen LogP contribution in [0.5, 0.6) is 0 Å². The summed E-state index contributed by atoms with van der Waals surface area (Å²) in [4.78, 5) is 8.09. The lowest BCUT2D eigenvalue weighted by molar-refractivity contribution is -0.134. The van der Waals surface area contributed by atoms with Gasteiger partial charge in [-0.2, -0.15) is 18.2 Å². The van der Waals surface area contributed by atoms with Crippen LogP contribution < -0.4 is 10.6 Å². The smallest absolute Gasteiger partial charge is 0.370 e. The predicted octanol–water partition coefficient (Wildman–Crippen LogP) is 2.58. The Balaban J connectivity index is 2.46. The quantitative estimate of drug-likeness (QED) is 0.786. The molecule has 1 rings (SSSR count). The van der Waals surface area contributed by atoms with Crippen LogP contribution in [0.4, 0.5) is 24.9 Å². The Morgan fingerprint density at radius 3 is 2.65 bits per heavy atom. The molecular weight excluding hydrogens is 233 g/mol. The molecule has 0 atom stereocenters. The van der Waals surface area contributed by atoms with Crippen LogP contribution in [0.25, 0.3) is 0 Å². The van der Waals surface area contributed by atoms with Crippen molar-refractivity contribution in [2.75, 3.05) is 24.2 Å². The molecule has 0 radical (unpaired) electrons. The summed E-state index contributed by atoms with van der Waals surface area (Å²) in [6.07, 6.45) is -3.24. The fourth-order valence-electron chi connectivity index (χ4n) is 1.24. The highest BCUT2D eigenvalue weighted by atomic mass is 19.4. The molecule has 4 nitrogen and oxygen atoms in total. The highest BCUT2D eigenvalue weighted by molar-refractivity contribution is 5.46. The average Bonchev–Trinajstić information content (AvgIpc) is 2.25. The normalized spacial score (nSPS) is 11.4. The summed E-state index contributed by atoms with van der Waals surface area (Å²) in [5.74, 6) is 1.00. The molecule has 17 heavy (non-hydrogen) atoms. The van der Waals surface area contributed by atoms with Gasteiger partial charge in [0.2, 0.25) is 5.95 Å². The third kappa shape index (κ3) is 4.88. The number of anilines is 2. The molecule has 1 aromatic rings. The summed E-state index contributed by atoms with van der Waals surface area (Å²) in [6, 6.07) is 0. The van der Waals surface area contributed by atoms with E-state index in [2.05, 4.69) is 20.6 Å². The Morgan fingerprint density at radius 2 is 2.06 bits per heavy atom. The third-order valence-corrected chi connectivity index (χ3v) is 2.12. The van der Waals surface area contributed by atoms with Crippen LogP contribution in [0.15, 0.2) is 6.20 Å². The van der Waals surface area contributed by atoms with Gasteiger partial charge >= 0.3 is 6.18 Å². The van der Waals surface area contributed by atoms with Crippen LogP contribution in [0.1, 0.15) is 18.4 Å². The van der Waals surface area contributed by atoms with Gasteiger partial charge in [-0.25, -0.2) is 4.98 Å². The highest BCUT2D eigenvalue weighted by Crippen LogP contribution is 2.21. The van der Waals surface area contributed by atoms with Crippen LogP contribution in [0.2, 0.25) is 0 Å². The number of hydrogen-bond donors (Lipinski definition) is 2. The molecule has 96 valence electrons. The fraction of sp³-hybridized carbons (Fsp3) is 0.600. The average molecular weight is 248 g/mol. The molecule has 0 aliphatic carbocycles. The molecule has 7 heteroatoms. The van der Waals surface area contributed by atoms with Crippen molar-refractivity contribution in [3.05, 3.63) is 11.8 Å². The van der Waals surface area contributed by atoms with E-state index < -0.39 is 12.6 Å². The van der Waals surface area contributed by atoms with E-state index in [-0.39, 0.29) is 13.0 Å². The summed E-state index contributed by atoms with van der Waals surface area (Å²) >= 11 is 0. The first kappa shape index (κ1) is 13.5. The van der Waals surface area contributed by atoms with Gasteiger partial charge in [0.25, 0.3) is 0 Å². The van der Waals surface area contributed by atoms with Crippen LogP contribution in [0.3, 0.4) is 0 Å². The lowest BCUT2D eigenvalue weighted by Crippen LogP contribution is -2.12. The number of nitrogens with zero attached hydrogens (tertiary/aromatic N) is 2. The number of rotatable bonds is 5. The largest absolute Gasteiger partial charge is 0.389 e. The van der Waals surface area contributed by atoms with E-state index in [0.717, 1.165) is 5.56 Å². The topological polar surface area (TPSA) is 49.8 Å². The summed E-state index contributed by atoms with van der Waals surface area (Å²) in [5.41, 5.74) is 0.802. The molecule has 2 N–H and O–H groups in total. The fourth-order valence-corrected chi connectivity index (χ4v) is 1.24. The molecule has 1 aromatic heterocycles. The number of aryl methyl sites for hydroxylation is 1. The second-order valence-corrected chi connectivity index (χ2v) is 3.62. The molecule has 0 saturated carbocycles.